The second kappa shape index (κ2) is 7.00. The zero-order chi connectivity index (χ0) is 11.1. The molecule has 1 unspecified atom stereocenters. The summed E-state index contributed by atoms with van der Waals surface area (Å²) >= 11 is 0. The Morgan fingerprint density at radius 2 is 2.00 bits per heavy atom. The largest absolute Gasteiger partial charge is 0.302 e. The summed E-state index contributed by atoms with van der Waals surface area (Å²) in [6.45, 7) is 11.2. The Balaban J connectivity index is 2.29. The molecule has 0 aromatic carbocycles. The minimum absolute atomic E-state index is 0.746. The number of hydrogen-bond donors (Lipinski definition) is 0. The first-order valence-corrected chi connectivity index (χ1v) is 6.53. The minimum atomic E-state index is 0.746. The van der Waals surface area contributed by atoms with Crippen LogP contribution in [0.2, 0.25) is 0 Å². The molecule has 0 aromatic heterocycles. The van der Waals surface area contributed by atoms with E-state index in [0.29, 0.717) is 0 Å². The van der Waals surface area contributed by atoms with Gasteiger partial charge in [0.25, 0.3) is 0 Å². The summed E-state index contributed by atoms with van der Waals surface area (Å²) in [6, 6.07) is 0. The van der Waals surface area contributed by atoms with Gasteiger partial charge in [-0.15, -0.1) is 0 Å². The molecule has 2 heteroatoms. The molecule has 0 amide bonds. The van der Waals surface area contributed by atoms with E-state index in [9.17, 15) is 0 Å². The van der Waals surface area contributed by atoms with Gasteiger partial charge in [0.1, 0.15) is 0 Å². The molecular weight excluding hydrogens is 184 g/mol. The van der Waals surface area contributed by atoms with Gasteiger partial charge in [-0.1, -0.05) is 27.2 Å². The van der Waals surface area contributed by atoms with Crippen molar-refractivity contribution in [1.82, 2.24) is 4.90 Å². The third-order valence-electron chi connectivity index (χ3n) is 3.51. The van der Waals surface area contributed by atoms with E-state index >= 15 is 0 Å². The van der Waals surface area contributed by atoms with Crippen LogP contribution in [0, 0.1) is 5.92 Å². The van der Waals surface area contributed by atoms with Gasteiger partial charge in [0.15, 0.2) is 0 Å². The maximum absolute atomic E-state index is 4.77. The molecule has 1 saturated carbocycles. The Morgan fingerprint density at radius 1 is 1.27 bits per heavy atom. The van der Waals surface area contributed by atoms with Gasteiger partial charge in [-0.2, -0.15) is 0 Å². The zero-order valence-corrected chi connectivity index (χ0v) is 10.6. The van der Waals surface area contributed by atoms with Gasteiger partial charge >= 0.3 is 0 Å². The fourth-order valence-electron chi connectivity index (χ4n) is 2.28. The third kappa shape index (κ3) is 4.33. The van der Waals surface area contributed by atoms with Crippen LogP contribution in [0.3, 0.4) is 0 Å². The van der Waals surface area contributed by atoms with Crippen molar-refractivity contribution < 1.29 is 0 Å². The van der Waals surface area contributed by atoms with E-state index in [4.69, 9.17) is 4.99 Å². The molecule has 0 saturated heterocycles. The van der Waals surface area contributed by atoms with E-state index in [1.807, 2.05) is 0 Å². The topological polar surface area (TPSA) is 15.6 Å². The van der Waals surface area contributed by atoms with Gasteiger partial charge in [0.05, 0.1) is 6.54 Å². The Labute approximate surface area is 94.8 Å². The summed E-state index contributed by atoms with van der Waals surface area (Å²) in [5.74, 6) is 0.746. The van der Waals surface area contributed by atoms with Crippen LogP contribution in [0.25, 0.3) is 0 Å². The number of likely N-dealkylation sites (N-methyl/N-ethyl adjacent to an activating group) is 1. The Bertz CT molecular complexity index is 195. The van der Waals surface area contributed by atoms with E-state index in [2.05, 4.69) is 25.7 Å². The fourth-order valence-corrected chi connectivity index (χ4v) is 2.28. The summed E-state index contributed by atoms with van der Waals surface area (Å²) in [5.41, 5.74) is 1.48. The summed E-state index contributed by atoms with van der Waals surface area (Å²) in [7, 11) is 0. The number of aliphatic imine (C=N–C) groups is 1. The molecule has 1 atom stereocenters. The molecule has 0 aliphatic heterocycles. The first-order chi connectivity index (χ1) is 7.27. The van der Waals surface area contributed by atoms with Crippen LogP contribution in [0.4, 0.5) is 0 Å². The van der Waals surface area contributed by atoms with E-state index in [-0.39, 0.29) is 0 Å². The van der Waals surface area contributed by atoms with E-state index in [0.717, 1.165) is 32.1 Å². The lowest BCUT2D eigenvalue weighted by atomic mass is 9.89. The van der Waals surface area contributed by atoms with Gasteiger partial charge in [-0.3, -0.25) is 4.99 Å². The standard InChI is InChI=1S/C13H26N2/c1-4-15(5-2)11-10-14-13-9-7-6-8-12(13)3/h12H,4-11H2,1-3H3. The van der Waals surface area contributed by atoms with Crippen LogP contribution < -0.4 is 0 Å². The molecule has 0 spiro atoms. The van der Waals surface area contributed by atoms with Crippen LogP contribution in [-0.2, 0) is 0 Å². The van der Waals surface area contributed by atoms with Crippen molar-refractivity contribution in [3.63, 3.8) is 0 Å². The van der Waals surface area contributed by atoms with Crippen molar-refractivity contribution in [2.75, 3.05) is 26.2 Å². The van der Waals surface area contributed by atoms with Crippen molar-refractivity contribution >= 4 is 5.71 Å². The van der Waals surface area contributed by atoms with Crippen molar-refractivity contribution in [3.05, 3.63) is 0 Å². The highest BCUT2D eigenvalue weighted by Gasteiger charge is 2.14. The molecule has 0 aromatic rings. The monoisotopic (exact) mass is 210 g/mol. The molecule has 1 rings (SSSR count). The molecule has 0 radical (unpaired) electrons. The van der Waals surface area contributed by atoms with Crippen LogP contribution in [0.1, 0.15) is 46.5 Å². The number of nitrogens with zero attached hydrogens (tertiary/aromatic N) is 2. The molecule has 88 valence electrons. The predicted octanol–water partition coefficient (Wildman–Crippen LogP) is 2.98. The van der Waals surface area contributed by atoms with Crippen LogP contribution in [0.15, 0.2) is 4.99 Å². The number of rotatable bonds is 5. The Hall–Kier alpha value is -0.370. The molecule has 0 N–H and O–H groups in total. The molecule has 15 heavy (non-hydrogen) atoms. The molecular formula is C13H26N2. The maximum atomic E-state index is 4.77. The lowest BCUT2D eigenvalue weighted by molar-refractivity contribution is 0.312. The van der Waals surface area contributed by atoms with Crippen molar-refractivity contribution in [2.24, 2.45) is 10.9 Å². The first kappa shape index (κ1) is 12.7. The molecule has 1 aliphatic rings. The Kier molecular flexibility index (Phi) is 5.92. The van der Waals surface area contributed by atoms with Crippen LogP contribution in [-0.4, -0.2) is 36.8 Å². The summed E-state index contributed by atoms with van der Waals surface area (Å²) in [4.78, 5) is 7.22. The highest BCUT2D eigenvalue weighted by molar-refractivity contribution is 5.87. The SMILES string of the molecule is CCN(CC)CCN=C1CCCCC1C. The third-order valence-corrected chi connectivity index (χ3v) is 3.51. The van der Waals surface area contributed by atoms with Gasteiger partial charge in [0.2, 0.25) is 0 Å². The van der Waals surface area contributed by atoms with E-state index in [1.54, 1.807) is 0 Å². The summed E-state index contributed by atoms with van der Waals surface area (Å²) < 4.78 is 0. The first-order valence-electron chi connectivity index (χ1n) is 6.53. The van der Waals surface area contributed by atoms with Gasteiger partial charge in [-0.25, -0.2) is 0 Å². The second-order valence-corrected chi connectivity index (χ2v) is 4.55. The molecule has 1 aliphatic carbocycles. The van der Waals surface area contributed by atoms with Crippen LogP contribution in [0.5, 0.6) is 0 Å². The summed E-state index contributed by atoms with van der Waals surface area (Å²) in [6.07, 6.45) is 5.36. The zero-order valence-electron chi connectivity index (χ0n) is 10.6. The molecule has 0 heterocycles. The summed E-state index contributed by atoms with van der Waals surface area (Å²) in [5, 5.41) is 0. The quantitative estimate of drug-likeness (QED) is 0.681. The van der Waals surface area contributed by atoms with E-state index < -0.39 is 0 Å². The molecule has 1 fully saturated rings. The average Bonchev–Trinajstić information content (AvgIpc) is 2.27. The van der Waals surface area contributed by atoms with Crippen molar-refractivity contribution in [2.45, 2.75) is 46.5 Å². The molecule has 2 nitrogen and oxygen atoms in total. The minimum Gasteiger partial charge on any atom is -0.302 e. The van der Waals surface area contributed by atoms with Crippen molar-refractivity contribution in [3.8, 4) is 0 Å². The lowest BCUT2D eigenvalue weighted by Crippen LogP contribution is -2.26. The second-order valence-electron chi connectivity index (χ2n) is 4.55. The van der Waals surface area contributed by atoms with Crippen LogP contribution >= 0.6 is 0 Å². The lowest BCUT2D eigenvalue weighted by Gasteiger charge is -2.21. The number of hydrogen-bond acceptors (Lipinski definition) is 2. The highest BCUT2D eigenvalue weighted by Crippen LogP contribution is 2.20. The van der Waals surface area contributed by atoms with Gasteiger partial charge in [0, 0.05) is 12.3 Å². The highest BCUT2D eigenvalue weighted by atomic mass is 15.1. The van der Waals surface area contributed by atoms with Crippen molar-refractivity contribution in [1.29, 1.82) is 0 Å². The fraction of sp³-hybridized carbons (Fsp3) is 0.923. The average molecular weight is 210 g/mol. The normalized spacial score (nSPS) is 25.1. The Morgan fingerprint density at radius 3 is 2.60 bits per heavy atom. The maximum Gasteiger partial charge on any atom is 0.0516 e. The molecule has 0 bridgehead atoms. The van der Waals surface area contributed by atoms with E-state index in [1.165, 1.54) is 31.4 Å². The van der Waals surface area contributed by atoms with Gasteiger partial charge < -0.3 is 4.90 Å². The smallest absolute Gasteiger partial charge is 0.0516 e. The predicted molar refractivity (Wildman–Crippen MR) is 67.7 cm³/mol. The van der Waals surface area contributed by atoms with Gasteiger partial charge in [-0.05, 0) is 38.3 Å².